The summed E-state index contributed by atoms with van der Waals surface area (Å²) in [4.78, 5) is 15.4. The molecule has 1 atom stereocenters. The van der Waals surface area contributed by atoms with E-state index in [1.54, 1.807) is 6.20 Å². The molecule has 0 rings (SSSR count). The van der Waals surface area contributed by atoms with E-state index in [-0.39, 0.29) is 6.09 Å². The third kappa shape index (κ3) is 11.1. The minimum absolute atomic E-state index is 0.349. The average molecular weight is 296 g/mol. The minimum Gasteiger partial charge on any atom is -0.449 e. The number of carbonyl (C=O) groups excluding carboxylic acids is 1. The van der Waals surface area contributed by atoms with E-state index in [4.69, 9.17) is 4.74 Å². The first-order chi connectivity index (χ1) is 10.0. The summed E-state index contributed by atoms with van der Waals surface area (Å²) in [5.74, 6) is 0.442. The Balaban J connectivity index is 3.80. The second kappa shape index (κ2) is 12.5. The van der Waals surface area contributed by atoms with Gasteiger partial charge in [-0.3, -0.25) is 4.90 Å². The van der Waals surface area contributed by atoms with Crippen LogP contribution < -0.4 is 0 Å². The Morgan fingerprint density at radius 3 is 2.48 bits per heavy atom. The summed E-state index contributed by atoms with van der Waals surface area (Å²) >= 11 is 0. The van der Waals surface area contributed by atoms with Crippen LogP contribution in [0.1, 0.15) is 46.0 Å². The molecule has 0 aromatic carbocycles. The van der Waals surface area contributed by atoms with E-state index in [1.807, 2.05) is 6.08 Å². The number of rotatable bonds is 11. The molecule has 4 heteroatoms. The molecule has 0 aliphatic rings. The highest BCUT2D eigenvalue weighted by Gasteiger charge is 2.08. The molecule has 0 saturated carbocycles. The molecule has 0 aliphatic heterocycles. The molecule has 0 heterocycles. The molecular formula is C17H32N2O2. The van der Waals surface area contributed by atoms with E-state index in [1.165, 1.54) is 23.9 Å². The molecule has 4 nitrogen and oxygen atoms in total. The largest absolute Gasteiger partial charge is 0.449 e. The van der Waals surface area contributed by atoms with E-state index >= 15 is 0 Å². The van der Waals surface area contributed by atoms with Crippen LogP contribution in [0.4, 0.5) is 4.79 Å². The zero-order chi connectivity index (χ0) is 16.1. The molecule has 0 radical (unpaired) electrons. The molecule has 21 heavy (non-hydrogen) atoms. The van der Waals surface area contributed by atoms with E-state index in [0.717, 1.165) is 25.8 Å². The first kappa shape index (κ1) is 19.7. The quantitative estimate of drug-likeness (QED) is 0.534. The van der Waals surface area contributed by atoms with Gasteiger partial charge in [-0.2, -0.15) is 0 Å². The Morgan fingerprint density at radius 2 is 1.90 bits per heavy atom. The lowest BCUT2D eigenvalue weighted by atomic mass is 10.1. The SMILES string of the molecule is C=CN(/C=C\[C@H](C)CC)C(=O)OCCCCCCN(C)C. The van der Waals surface area contributed by atoms with Crippen molar-refractivity contribution in [2.24, 2.45) is 5.92 Å². The number of ether oxygens (including phenoxy) is 1. The van der Waals surface area contributed by atoms with Crippen molar-refractivity contribution in [3.63, 3.8) is 0 Å². The molecule has 0 spiro atoms. The van der Waals surface area contributed by atoms with Gasteiger partial charge in [-0.15, -0.1) is 0 Å². The van der Waals surface area contributed by atoms with Crippen molar-refractivity contribution >= 4 is 6.09 Å². The second-order valence-electron chi connectivity index (χ2n) is 5.65. The van der Waals surface area contributed by atoms with Crippen LogP contribution in [-0.2, 0) is 4.74 Å². The van der Waals surface area contributed by atoms with Crippen molar-refractivity contribution < 1.29 is 9.53 Å². The maximum absolute atomic E-state index is 11.8. The van der Waals surface area contributed by atoms with E-state index in [9.17, 15) is 4.79 Å². The van der Waals surface area contributed by atoms with Gasteiger partial charge in [0.15, 0.2) is 0 Å². The molecule has 0 N–H and O–H groups in total. The maximum Gasteiger partial charge on any atom is 0.417 e. The number of nitrogens with zero attached hydrogens (tertiary/aromatic N) is 2. The van der Waals surface area contributed by atoms with Gasteiger partial charge < -0.3 is 9.64 Å². The number of hydrogen-bond acceptors (Lipinski definition) is 3. The van der Waals surface area contributed by atoms with Crippen LogP contribution in [0.5, 0.6) is 0 Å². The lowest BCUT2D eigenvalue weighted by molar-refractivity contribution is 0.125. The summed E-state index contributed by atoms with van der Waals surface area (Å²) < 4.78 is 5.24. The Hall–Kier alpha value is -1.29. The third-order valence-electron chi connectivity index (χ3n) is 3.35. The molecule has 0 bridgehead atoms. The fourth-order valence-corrected chi connectivity index (χ4v) is 1.69. The highest BCUT2D eigenvalue weighted by Crippen LogP contribution is 2.06. The van der Waals surface area contributed by atoms with Crippen LogP contribution >= 0.6 is 0 Å². The zero-order valence-corrected chi connectivity index (χ0v) is 14.2. The van der Waals surface area contributed by atoms with Crippen molar-refractivity contribution in [2.75, 3.05) is 27.2 Å². The smallest absolute Gasteiger partial charge is 0.417 e. The van der Waals surface area contributed by atoms with Gasteiger partial charge in [-0.1, -0.05) is 45.8 Å². The predicted molar refractivity (Wildman–Crippen MR) is 89.0 cm³/mol. The molecule has 0 fully saturated rings. The number of carbonyl (C=O) groups is 1. The van der Waals surface area contributed by atoms with Gasteiger partial charge in [-0.25, -0.2) is 4.79 Å². The minimum atomic E-state index is -0.349. The number of hydrogen-bond donors (Lipinski definition) is 0. The third-order valence-corrected chi connectivity index (χ3v) is 3.35. The van der Waals surface area contributed by atoms with E-state index in [2.05, 4.69) is 39.4 Å². The highest BCUT2D eigenvalue weighted by molar-refractivity contribution is 5.70. The van der Waals surface area contributed by atoms with Gasteiger partial charge in [-0.05, 0) is 39.4 Å². The topological polar surface area (TPSA) is 32.8 Å². The molecule has 0 aromatic heterocycles. The lowest BCUT2D eigenvalue weighted by Gasteiger charge is -2.14. The number of allylic oxidation sites excluding steroid dienone is 1. The van der Waals surface area contributed by atoms with Crippen molar-refractivity contribution in [2.45, 2.75) is 46.0 Å². The Bertz CT molecular complexity index is 314. The Morgan fingerprint density at radius 1 is 1.24 bits per heavy atom. The molecule has 0 aromatic rings. The molecule has 1 amide bonds. The summed E-state index contributed by atoms with van der Waals surface area (Å²) in [6, 6.07) is 0. The van der Waals surface area contributed by atoms with Crippen LogP contribution in [0.25, 0.3) is 0 Å². The van der Waals surface area contributed by atoms with E-state index in [0.29, 0.717) is 12.5 Å². The van der Waals surface area contributed by atoms with Gasteiger partial charge in [0.05, 0.1) is 6.61 Å². The number of amides is 1. The van der Waals surface area contributed by atoms with Crippen molar-refractivity contribution in [1.29, 1.82) is 0 Å². The molecule has 0 saturated heterocycles. The van der Waals surface area contributed by atoms with E-state index < -0.39 is 0 Å². The Kier molecular flexibility index (Phi) is 11.7. The van der Waals surface area contributed by atoms with Gasteiger partial charge in [0.1, 0.15) is 0 Å². The zero-order valence-electron chi connectivity index (χ0n) is 14.2. The molecular weight excluding hydrogens is 264 g/mol. The van der Waals surface area contributed by atoms with Crippen LogP contribution in [0, 0.1) is 5.92 Å². The van der Waals surface area contributed by atoms with Gasteiger partial charge in [0, 0.05) is 12.4 Å². The van der Waals surface area contributed by atoms with Crippen LogP contribution in [0.3, 0.4) is 0 Å². The summed E-state index contributed by atoms with van der Waals surface area (Å²) in [7, 11) is 4.16. The van der Waals surface area contributed by atoms with Gasteiger partial charge in [0.2, 0.25) is 0 Å². The van der Waals surface area contributed by atoms with Crippen molar-refractivity contribution in [1.82, 2.24) is 9.80 Å². The lowest BCUT2D eigenvalue weighted by Crippen LogP contribution is -2.21. The fraction of sp³-hybridized carbons (Fsp3) is 0.706. The van der Waals surface area contributed by atoms with Crippen LogP contribution in [-0.4, -0.2) is 43.1 Å². The fourth-order valence-electron chi connectivity index (χ4n) is 1.69. The van der Waals surface area contributed by atoms with Crippen molar-refractivity contribution in [3.05, 3.63) is 25.1 Å². The highest BCUT2D eigenvalue weighted by atomic mass is 16.6. The molecule has 0 aliphatic carbocycles. The average Bonchev–Trinajstić information content (AvgIpc) is 2.46. The monoisotopic (exact) mass is 296 g/mol. The summed E-state index contributed by atoms with van der Waals surface area (Å²) in [5.41, 5.74) is 0. The Labute approximate surface area is 130 Å². The summed E-state index contributed by atoms with van der Waals surface area (Å²) in [6.07, 6.45) is 10.3. The first-order valence-electron chi connectivity index (χ1n) is 7.92. The normalized spacial score (nSPS) is 12.6. The van der Waals surface area contributed by atoms with Crippen molar-refractivity contribution in [3.8, 4) is 0 Å². The van der Waals surface area contributed by atoms with Gasteiger partial charge in [0.25, 0.3) is 0 Å². The summed E-state index contributed by atoms with van der Waals surface area (Å²) in [5, 5.41) is 0. The van der Waals surface area contributed by atoms with Crippen LogP contribution in [0.15, 0.2) is 25.1 Å². The van der Waals surface area contributed by atoms with Gasteiger partial charge >= 0.3 is 6.09 Å². The standard InChI is InChI=1S/C17H32N2O2/c1-6-16(3)12-14-19(7-2)17(20)21-15-11-9-8-10-13-18(4)5/h7,12,14,16H,2,6,8-11,13,15H2,1,3-5H3/b14-12-/t16-/m1/s1. The molecule has 122 valence electrons. The maximum atomic E-state index is 11.8. The second-order valence-corrected chi connectivity index (χ2v) is 5.65. The molecule has 0 unspecified atom stereocenters. The summed E-state index contributed by atoms with van der Waals surface area (Å²) in [6.45, 7) is 9.45. The number of unbranched alkanes of at least 4 members (excludes halogenated alkanes) is 3. The van der Waals surface area contributed by atoms with Crippen LogP contribution in [0.2, 0.25) is 0 Å². The first-order valence-corrected chi connectivity index (χ1v) is 7.92. The predicted octanol–water partition coefficient (Wildman–Crippen LogP) is 4.25.